The van der Waals surface area contributed by atoms with Gasteiger partial charge in [0.2, 0.25) is 0 Å². The van der Waals surface area contributed by atoms with Crippen LogP contribution in [-0.2, 0) is 6.42 Å². The molecule has 0 aliphatic carbocycles. The van der Waals surface area contributed by atoms with Gasteiger partial charge in [-0.15, -0.1) is 0 Å². The van der Waals surface area contributed by atoms with Crippen LogP contribution < -0.4 is 15.2 Å². The molecule has 0 fully saturated rings. The van der Waals surface area contributed by atoms with Gasteiger partial charge in [0.1, 0.15) is 11.5 Å². The van der Waals surface area contributed by atoms with E-state index in [2.05, 4.69) is 28.1 Å². The molecule has 2 aromatic rings. The highest BCUT2D eigenvalue weighted by molar-refractivity contribution is 9.10. The van der Waals surface area contributed by atoms with Crippen LogP contribution in [-0.4, -0.2) is 14.2 Å². The van der Waals surface area contributed by atoms with Crippen molar-refractivity contribution < 1.29 is 9.47 Å². The molecule has 2 aromatic carbocycles. The zero-order valence-electron chi connectivity index (χ0n) is 12.3. The number of nitrogens with two attached hydrogens (primary N) is 1. The van der Waals surface area contributed by atoms with Crippen molar-refractivity contribution in [2.45, 2.75) is 18.9 Å². The Kier molecular flexibility index (Phi) is 5.65. The molecule has 3 nitrogen and oxygen atoms in total. The molecule has 1 unspecified atom stereocenters. The lowest BCUT2D eigenvalue weighted by Gasteiger charge is -2.16. The van der Waals surface area contributed by atoms with Crippen LogP contribution in [0.15, 0.2) is 46.9 Å². The van der Waals surface area contributed by atoms with Crippen molar-refractivity contribution in [3.05, 3.63) is 58.1 Å². The summed E-state index contributed by atoms with van der Waals surface area (Å²) in [6.45, 7) is 0. The lowest BCUT2D eigenvalue weighted by Crippen LogP contribution is -2.12. The van der Waals surface area contributed by atoms with Gasteiger partial charge in [-0.3, -0.25) is 0 Å². The number of benzene rings is 2. The first-order valence-corrected chi connectivity index (χ1v) is 7.65. The molecule has 21 heavy (non-hydrogen) atoms. The molecular formula is C17H20BrNO2. The summed E-state index contributed by atoms with van der Waals surface area (Å²) in [5.41, 5.74) is 8.59. The number of hydrogen-bond donors (Lipinski definition) is 1. The van der Waals surface area contributed by atoms with E-state index in [4.69, 9.17) is 15.2 Å². The Morgan fingerprint density at radius 3 is 2.38 bits per heavy atom. The average molecular weight is 350 g/mol. The molecule has 0 saturated carbocycles. The van der Waals surface area contributed by atoms with Crippen molar-refractivity contribution in [2.75, 3.05) is 14.2 Å². The van der Waals surface area contributed by atoms with Gasteiger partial charge in [0.05, 0.1) is 14.2 Å². The Hall–Kier alpha value is -1.52. The standard InChI is InChI=1S/C17H20BrNO2/c1-20-14-7-3-12(4-8-14)5-10-16(19)15-9-6-13(18)11-17(15)21-2/h3-4,6-9,11,16H,5,10,19H2,1-2H3. The first-order chi connectivity index (χ1) is 10.1. The van der Waals surface area contributed by atoms with E-state index < -0.39 is 0 Å². The van der Waals surface area contributed by atoms with Crippen molar-refractivity contribution >= 4 is 15.9 Å². The van der Waals surface area contributed by atoms with Crippen LogP contribution in [0.25, 0.3) is 0 Å². The van der Waals surface area contributed by atoms with Crippen LogP contribution in [0.3, 0.4) is 0 Å². The first kappa shape index (κ1) is 15.9. The van der Waals surface area contributed by atoms with Crippen LogP contribution >= 0.6 is 15.9 Å². The Labute approximate surface area is 134 Å². The molecule has 0 spiro atoms. The number of ether oxygens (including phenoxy) is 2. The Balaban J connectivity index is 2.02. The second kappa shape index (κ2) is 7.48. The van der Waals surface area contributed by atoms with Gasteiger partial charge in [0.25, 0.3) is 0 Å². The maximum atomic E-state index is 6.31. The lowest BCUT2D eigenvalue weighted by molar-refractivity contribution is 0.404. The minimum atomic E-state index is -0.0462. The molecule has 0 aliphatic rings. The lowest BCUT2D eigenvalue weighted by atomic mass is 9.99. The average Bonchev–Trinajstić information content (AvgIpc) is 2.52. The topological polar surface area (TPSA) is 44.5 Å². The molecule has 0 aliphatic heterocycles. The molecule has 0 radical (unpaired) electrons. The maximum Gasteiger partial charge on any atom is 0.124 e. The summed E-state index contributed by atoms with van der Waals surface area (Å²) < 4.78 is 11.6. The highest BCUT2D eigenvalue weighted by Gasteiger charge is 2.12. The second-order valence-corrected chi connectivity index (χ2v) is 5.80. The summed E-state index contributed by atoms with van der Waals surface area (Å²) in [4.78, 5) is 0. The third kappa shape index (κ3) is 4.22. The fraction of sp³-hybridized carbons (Fsp3) is 0.294. The van der Waals surface area contributed by atoms with Crippen molar-refractivity contribution in [3.8, 4) is 11.5 Å². The van der Waals surface area contributed by atoms with Gasteiger partial charge < -0.3 is 15.2 Å². The highest BCUT2D eigenvalue weighted by atomic mass is 79.9. The predicted molar refractivity (Wildman–Crippen MR) is 88.9 cm³/mol. The largest absolute Gasteiger partial charge is 0.497 e. The summed E-state index contributed by atoms with van der Waals surface area (Å²) in [6, 6.07) is 14.0. The number of aryl methyl sites for hydroxylation is 1. The minimum Gasteiger partial charge on any atom is -0.497 e. The Morgan fingerprint density at radius 2 is 1.76 bits per heavy atom. The smallest absolute Gasteiger partial charge is 0.124 e. The summed E-state index contributed by atoms with van der Waals surface area (Å²) in [6.07, 6.45) is 1.79. The van der Waals surface area contributed by atoms with E-state index in [1.165, 1.54) is 5.56 Å². The van der Waals surface area contributed by atoms with Crippen molar-refractivity contribution in [3.63, 3.8) is 0 Å². The molecule has 2 rings (SSSR count). The van der Waals surface area contributed by atoms with E-state index in [1.54, 1.807) is 14.2 Å². The predicted octanol–water partition coefficient (Wildman–Crippen LogP) is 4.10. The molecule has 0 saturated heterocycles. The molecule has 4 heteroatoms. The van der Waals surface area contributed by atoms with Gasteiger partial charge in [-0.2, -0.15) is 0 Å². The van der Waals surface area contributed by atoms with Crippen LogP contribution in [0.1, 0.15) is 23.6 Å². The molecule has 2 N–H and O–H groups in total. The van der Waals surface area contributed by atoms with Gasteiger partial charge in [0, 0.05) is 16.1 Å². The molecule has 1 atom stereocenters. The van der Waals surface area contributed by atoms with Crippen molar-refractivity contribution in [2.24, 2.45) is 5.73 Å². The summed E-state index contributed by atoms with van der Waals surface area (Å²) in [7, 11) is 3.34. The fourth-order valence-corrected chi connectivity index (χ4v) is 2.60. The van der Waals surface area contributed by atoms with E-state index in [0.717, 1.165) is 34.4 Å². The van der Waals surface area contributed by atoms with Gasteiger partial charge >= 0.3 is 0 Å². The van der Waals surface area contributed by atoms with Crippen molar-refractivity contribution in [1.29, 1.82) is 0 Å². The quantitative estimate of drug-likeness (QED) is 0.853. The molecule has 0 amide bonds. The number of rotatable bonds is 6. The molecule has 0 aromatic heterocycles. The first-order valence-electron chi connectivity index (χ1n) is 6.86. The summed E-state index contributed by atoms with van der Waals surface area (Å²) >= 11 is 3.44. The monoisotopic (exact) mass is 349 g/mol. The van der Waals surface area contributed by atoms with E-state index >= 15 is 0 Å². The zero-order valence-corrected chi connectivity index (χ0v) is 13.9. The third-order valence-corrected chi connectivity index (χ3v) is 3.99. The Bertz CT molecular complexity index is 584. The third-order valence-electron chi connectivity index (χ3n) is 3.50. The Morgan fingerprint density at radius 1 is 1.05 bits per heavy atom. The molecule has 0 heterocycles. The summed E-state index contributed by atoms with van der Waals surface area (Å²) in [5.74, 6) is 1.70. The van der Waals surface area contributed by atoms with Crippen molar-refractivity contribution in [1.82, 2.24) is 0 Å². The highest BCUT2D eigenvalue weighted by Crippen LogP contribution is 2.29. The van der Waals surface area contributed by atoms with Gasteiger partial charge in [-0.05, 0) is 42.7 Å². The van der Waals surface area contributed by atoms with Crippen LogP contribution in [0.4, 0.5) is 0 Å². The minimum absolute atomic E-state index is 0.0462. The number of methoxy groups -OCH3 is 2. The zero-order chi connectivity index (χ0) is 15.2. The maximum absolute atomic E-state index is 6.31. The van der Waals surface area contributed by atoms with E-state index in [0.29, 0.717) is 0 Å². The van der Waals surface area contributed by atoms with Crippen LogP contribution in [0.5, 0.6) is 11.5 Å². The molecular weight excluding hydrogens is 330 g/mol. The SMILES string of the molecule is COc1ccc(CCC(N)c2ccc(Br)cc2OC)cc1. The van der Waals surface area contributed by atoms with Crippen LogP contribution in [0, 0.1) is 0 Å². The van der Waals surface area contributed by atoms with Gasteiger partial charge in [-0.1, -0.05) is 34.1 Å². The van der Waals surface area contributed by atoms with Gasteiger partial charge in [-0.25, -0.2) is 0 Å². The number of hydrogen-bond acceptors (Lipinski definition) is 3. The van der Waals surface area contributed by atoms with Crippen LogP contribution in [0.2, 0.25) is 0 Å². The fourth-order valence-electron chi connectivity index (χ4n) is 2.26. The van der Waals surface area contributed by atoms with E-state index in [1.807, 2.05) is 30.3 Å². The second-order valence-electron chi connectivity index (χ2n) is 4.88. The summed E-state index contributed by atoms with van der Waals surface area (Å²) in [5, 5.41) is 0. The molecule has 112 valence electrons. The van der Waals surface area contributed by atoms with E-state index in [9.17, 15) is 0 Å². The molecule has 0 bridgehead atoms. The number of halogens is 1. The van der Waals surface area contributed by atoms with Gasteiger partial charge in [0.15, 0.2) is 0 Å². The normalized spacial score (nSPS) is 12.0. The van der Waals surface area contributed by atoms with E-state index in [-0.39, 0.29) is 6.04 Å².